The summed E-state index contributed by atoms with van der Waals surface area (Å²) in [6.07, 6.45) is 0. The molecule has 1 rings (SSSR count). The molecule has 4 nitrogen and oxygen atoms in total. The molecule has 0 aromatic carbocycles. The van der Waals surface area contributed by atoms with Gasteiger partial charge in [-0.25, -0.2) is 4.98 Å². The SMILES string of the molecule is CNC(=O)CSc1nc(C)c(C)[nH]1. The van der Waals surface area contributed by atoms with Gasteiger partial charge in [-0.15, -0.1) is 0 Å². The number of aryl methyl sites for hydroxylation is 2. The number of H-pyrrole nitrogens is 1. The molecule has 0 radical (unpaired) electrons. The number of hydrogen-bond donors (Lipinski definition) is 2. The maximum Gasteiger partial charge on any atom is 0.230 e. The highest BCUT2D eigenvalue weighted by atomic mass is 32.2. The quantitative estimate of drug-likeness (QED) is 0.710. The molecule has 0 aliphatic carbocycles. The number of thioether (sulfide) groups is 1. The number of imidazole rings is 1. The normalized spacial score (nSPS) is 10.1. The van der Waals surface area contributed by atoms with Gasteiger partial charge in [0.2, 0.25) is 5.91 Å². The van der Waals surface area contributed by atoms with Crippen LogP contribution in [0.2, 0.25) is 0 Å². The van der Waals surface area contributed by atoms with E-state index in [1.807, 2.05) is 13.8 Å². The topological polar surface area (TPSA) is 57.8 Å². The van der Waals surface area contributed by atoms with Gasteiger partial charge in [-0.3, -0.25) is 4.79 Å². The molecule has 0 bridgehead atoms. The second-order valence-corrected chi connectivity index (χ2v) is 3.68. The van der Waals surface area contributed by atoms with E-state index in [-0.39, 0.29) is 5.91 Å². The van der Waals surface area contributed by atoms with Crippen molar-refractivity contribution < 1.29 is 4.79 Å². The van der Waals surface area contributed by atoms with Gasteiger partial charge in [0.15, 0.2) is 5.16 Å². The highest BCUT2D eigenvalue weighted by molar-refractivity contribution is 7.99. The summed E-state index contributed by atoms with van der Waals surface area (Å²) in [4.78, 5) is 18.2. The molecular weight excluding hydrogens is 186 g/mol. The number of amides is 1. The van der Waals surface area contributed by atoms with Crippen LogP contribution in [0.3, 0.4) is 0 Å². The van der Waals surface area contributed by atoms with Crippen molar-refractivity contribution in [1.29, 1.82) is 0 Å². The second-order valence-electron chi connectivity index (χ2n) is 2.71. The minimum Gasteiger partial charge on any atom is -0.358 e. The van der Waals surface area contributed by atoms with E-state index in [0.717, 1.165) is 16.5 Å². The van der Waals surface area contributed by atoms with Crippen molar-refractivity contribution in [2.45, 2.75) is 19.0 Å². The summed E-state index contributed by atoms with van der Waals surface area (Å²) < 4.78 is 0. The van der Waals surface area contributed by atoms with Crippen LogP contribution in [0.1, 0.15) is 11.4 Å². The molecule has 0 aliphatic rings. The van der Waals surface area contributed by atoms with Crippen LogP contribution in [0.4, 0.5) is 0 Å². The molecule has 1 amide bonds. The van der Waals surface area contributed by atoms with Gasteiger partial charge in [0.1, 0.15) is 0 Å². The lowest BCUT2D eigenvalue weighted by atomic mass is 10.4. The third kappa shape index (κ3) is 2.77. The monoisotopic (exact) mass is 199 g/mol. The molecule has 1 aromatic heterocycles. The van der Waals surface area contributed by atoms with E-state index in [0.29, 0.717) is 5.75 Å². The Morgan fingerprint density at radius 3 is 2.77 bits per heavy atom. The lowest BCUT2D eigenvalue weighted by Gasteiger charge is -1.95. The molecule has 2 N–H and O–H groups in total. The Hall–Kier alpha value is -0.970. The Morgan fingerprint density at radius 2 is 2.31 bits per heavy atom. The van der Waals surface area contributed by atoms with Gasteiger partial charge in [0.25, 0.3) is 0 Å². The zero-order valence-electron chi connectivity index (χ0n) is 7.97. The minimum atomic E-state index is 0.0108. The van der Waals surface area contributed by atoms with Crippen LogP contribution in [-0.4, -0.2) is 28.7 Å². The summed E-state index contributed by atoms with van der Waals surface area (Å²) in [5, 5.41) is 3.36. The molecule has 0 fully saturated rings. The van der Waals surface area contributed by atoms with Crippen molar-refractivity contribution in [3.05, 3.63) is 11.4 Å². The molecule has 1 heterocycles. The van der Waals surface area contributed by atoms with Crippen LogP contribution in [-0.2, 0) is 4.79 Å². The third-order valence-electron chi connectivity index (χ3n) is 1.73. The summed E-state index contributed by atoms with van der Waals surface area (Å²) in [6.45, 7) is 3.90. The predicted molar refractivity (Wildman–Crippen MR) is 52.9 cm³/mol. The molecule has 0 saturated carbocycles. The van der Waals surface area contributed by atoms with E-state index in [4.69, 9.17) is 0 Å². The Morgan fingerprint density at radius 1 is 1.62 bits per heavy atom. The molecule has 0 saturated heterocycles. The van der Waals surface area contributed by atoms with E-state index >= 15 is 0 Å². The zero-order valence-corrected chi connectivity index (χ0v) is 8.79. The first kappa shape index (κ1) is 10.1. The first-order valence-corrected chi connectivity index (χ1v) is 4.98. The van der Waals surface area contributed by atoms with Gasteiger partial charge in [0.05, 0.1) is 11.4 Å². The van der Waals surface area contributed by atoms with Gasteiger partial charge in [-0.1, -0.05) is 11.8 Å². The Kier molecular flexibility index (Phi) is 3.36. The molecule has 0 unspecified atom stereocenters. The lowest BCUT2D eigenvalue weighted by Crippen LogP contribution is -2.19. The van der Waals surface area contributed by atoms with Crippen molar-refractivity contribution in [1.82, 2.24) is 15.3 Å². The summed E-state index contributed by atoms with van der Waals surface area (Å²) in [7, 11) is 1.63. The van der Waals surface area contributed by atoms with Crippen LogP contribution in [0, 0.1) is 13.8 Å². The van der Waals surface area contributed by atoms with Crippen LogP contribution < -0.4 is 5.32 Å². The lowest BCUT2D eigenvalue weighted by molar-refractivity contribution is -0.118. The van der Waals surface area contributed by atoms with E-state index in [9.17, 15) is 4.79 Å². The zero-order chi connectivity index (χ0) is 9.84. The van der Waals surface area contributed by atoms with Crippen LogP contribution in [0.5, 0.6) is 0 Å². The van der Waals surface area contributed by atoms with Gasteiger partial charge in [0, 0.05) is 12.7 Å². The predicted octanol–water partition coefficient (Wildman–Crippen LogP) is 0.865. The van der Waals surface area contributed by atoms with E-state index < -0.39 is 0 Å². The van der Waals surface area contributed by atoms with Crippen molar-refractivity contribution >= 4 is 17.7 Å². The van der Waals surface area contributed by atoms with Crippen LogP contribution >= 0.6 is 11.8 Å². The van der Waals surface area contributed by atoms with Crippen molar-refractivity contribution in [3.63, 3.8) is 0 Å². The van der Waals surface area contributed by atoms with Crippen LogP contribution in [0.15, 0.2) is 5.16 Å². The van der Waals surface area contributed by atoms with E-state index in [1.54, 1.807) is 7.05 Å². The second kappa shape index (κ2) is 4.32. The minimum absolute atomic E-state index is 0.0108. The number of aromatic amines is 1. The molecule has 0 spiro atoms. The molecule has 0 atom stereocenters. The maximum absolute atomic E-state index is 10.9. The average molecular weight is 199 g/mol. The number of carbonyl (C=O) groups excluding carboxylic acids is 1. The fourth-order valence-corrected chi connectivity index (χ4v) is 1.63. The largest absolute Gasteiger partial charge is 0.358 e. The Bertz CT molecular complexity index is 289. The Balaban J connectivity index is 2.50. The average Bonchev–Trinajstić information content (AvgIpc) is 2.42. The number of hydrogen-bond acceptors (Lipinski definition) is 3. The van der Waals surface area contributed by atoms with Crippen LogP contribution in [0.25, 0.3) is 0 Å². The molecular formula is C8H13N3OS. The highest BCUT2D eigenvalue weighted by Crippen LogP contribution is 2.15. The Labute approximate surface area is 81.5 Å². The fraction of sp³-hybridized carbons (Fsp3) is 0.500. The van der Waals surface area contributed by atoms with Gasteiger partial charge < -0.3 is 10.3 Å². The number of aromatic nitrogens is 2. The van der Waals surface area contributed by atoms with E-state index in [1.165, 1.54) is 11.8 Å². The molecule has 1 aromatic rings. The summed E-state index contributed by atoms with van der Waals surface area (Å²) in [6, 6.07) is 0. The molecule has 0 aliphatic heterocycles. The third-order valence-corrected chi connectivity index (χ3v) is 2.60. The summed E-state index contributed by atoms with van der Waals surface area (Å²) >= 11 is 1.41. The van der Waals surface area contributed by atoms with Crippen molar-refractivity contribution in [3.8, 4) is 0 Å². The van der Waals surface area contributed by atoms with Gasteiger partial charge in [-0.05, 0) is 13.8 Å². The number of rotatable bonds is 3. The smallest absolute Gasteiger partial charge is 0.230 e. The summed E-state index contributed by atoms with van der Waals surface area (Å²) in [5.74, 6) is 0.416. The highest BCUT2D eigenvalue weighted by Gasteiger charge is 2.04. The number of carbonyl (C=O) groups is 1. The molecule has 5 heteroatoms. The molecule has 13 heavy (non-hydrogen) atoms. The van der Waals surface area contributed by atoms with Crippen molar-refractivity contribution in [2.75, 3.05) is 12.8 Å². The summed E-state index contributed by atoms with van der Waals surface area (Å²) in [5.41, 5.74) is 2.04. The first-order valence-electron chi connectivity index (χ1n) is 4.00. The first-order chi connectivity index (χ1) is 6.13. The van der Waals surface area contributed by atoms with Gasteiger partial charge >= 0.3 is 0 Å². The van der Waals surface area contributed by atoms with E-state index in [2.05, 4.69) is 15.3 Å². The molecule has 72 valence electrons. The van der Waals surface area contributed by atoms with Gasteiger partial charge in [-0.2, -0.15) is 0 Å². The number of nitrogens with one attached hydrogen (secondary N) is 2. The fourth-order valence-electron chi connectivity index (χ4n) is 0.789. The van der Waals surface area contributed by atoms with Crippen molar-refractivity contribution in [2.24, 2.45) is 0 Å². The standard InChI is InChI=1S/C8H13N3OS/c1-5-6(2)11-8(10-5)13-4-7(12)9-3/h4H2,1-3H3,(H,9,12)(H,10,11). The number of nitrogens with zero attached hydrogens (tertiary/aromatic N) is 1. The maximum atomic E-state index is 10.9.